The zero-order valence-corrected chi connectivity index (χ0v) is 15.6. The number of allylic oxidation sites excluding steroid dienone is 1. The van der Waals surface area contributed by atoms with Crippen LogP contribution in [0.3, 0.4) is 0 Å². The highest BCUT2D eigenvalue weighted by Crippen LogP contribution is 2.20. The number of rotatable bonds is 7. The monoisotopic (exact) mass is 345 g/mol. The number of amides is 1. The molecule has 1 aliphatic heterocycles. The van der Waals surface area contributed by atoms with Crippen molar-refractivity contribution in [1.29, 1.82) is 0 Å². The van der Waals surface area contributed by atoms with Crippen LogP contribution in [-0.4, -0.2) is 33.3 Å². The van der Waals surface area contributed by atoms with Gasteiger partial charge >= 0.3 is 0 Å². The Hall–Kier alpha value is -1.69. The molecule has 138 valence electrons. The first-order chi connectivity index (χ1) is 12.1. The summed E-state index contributed by atoms with van der Waals surface area (Å²) in [5, 5.41) is 15.1. The lowest BCUT2D eigenvalue weighted by atomic mass is 9.97. The quantitative estimate of drug-likeness (QED) is 0.745. The molecule has 6 nitrogen and oxygen atoms in total. The minimum absolute atomic E-state index is 0.0150. The third-order valence-corrected chi connectivity index (χ3v) is 5.30. The second-order valence-electron chi connectivity index (χ2n) is 7.34. The Kier molecular flexibility index (Phi) is 6.24. The molecule has 1 aromatic heterocycles. The average molecular weight is 345 g/mol. The standard InChI is InChI=1S/C19H31N5O/c1-14(18-23-22-17-10-6-7-13-24(17)18)21-15(2)19(25)20-12-11-16-8-4-3-5-9-16/h8,14-15,21H,3-7,9-13H2,1-2H3,(H,20,25)/t14-,15+/m0/s1. The van der Waals surface area contributed by atoms with E-state index >= 15 is 0 Å². The third kappa shape index (κ3) is 4.69. The fourth-order valence-corrected chi connectivity index (χ4v) is 3.81. The number of nitrogens with zero attached hydrogens (tertiary/aromatic N) is 3. The van der Waals surface area contributed by atoms with Gasteiger partial charge in [0.15, 0.2) is 0 Å². The Morgan fingerprint density at radius 1 is 1.20 bits per heavy atom. The van der Waals surface area contributed by atoms with E-state index in [1.807, 2.05) is 6.92 Å². The molecule has 1 aliphatic carbocycles. The van der Waals surface area contributed by atoms with Gasteiger partial charge in [0.05, 0.1) is 12.1 Å². The molecule has 25 heavy (non-hydrogen) atoms. The number of aryl methyl sites for hydroxylation is 1. The third-order valence-electron chi connectivity index (χ3n) is 5.30. The largest absolute Gasteiger partial charge is 0.354 e. The number of nitrogens with one attached hydrogen (secondary N) is 2. The van der Waals surface area contributed by atoms with E-state index in [-0.39, 0.29) is 18.0 Å². The van der Waals surface area contributed by atoms with Gasteiger partial charge in [-0.15, -0.1) is 10.2 Å². The summed E-state index contributed by atoms with van der Waals surface area (Å²) >= 11 is 0. The lowest BCUT2D eigenvalue weighted by Crippen LogP contribution is -2.44. The van der Waals surface area contributed by atoms with Crippen molar-refractivity contribution in [1.82, 2.24) is 25.4 Å². The van der Waals surface area contributed by atoms with Gasteiger partial charge in [-0.2, -0.15) is 0 Å². The first-order valence-electron chi connectivity index (χ1n) is 9.79. The molecule has 2 atom stereocenters. The molecule has 6 heteroatoms. The number of fused-ring (bicyclic) bond motifs is 1. The summed E-state index contributed by atoms with van der Waals surface area (Å²) in [6.45, 7) is 5.69. The van der Waals surface area contributed by atoms with Crippen molar-refractivity contribution in [3.63, 3.8) is 0 Å². The summed E-state index contributed by atoms with van der Waals surface area (Å²) < 4.78 is 2.21. The maximum Gasteiger partial charge on any atom is 0.236 e. The number of hydrogen-bond donors (Lipinski definition) is 2. The van der Waals surface area contributed by atoms with Crippen LogP contribution in [-0.2, 0) is 17.8 Å². The molecule has 2 N–H and O–H groups in total. The molecule has 0 fully saturated rings. The molecule has 0 radical (unpaired) electrons. The summed E-state index contributed by atoms with van der Waals surface area (Å²) in [6.07, 6.45) is 11.7. The van der Waals surface area contributed by atoms with Crippen LogP contribution in [0.15, 0.2) is 11.6 Å². The average Bonchev–Trinajstić information content (AvgIpc) is 3.06. The first-order valence-corrected chi connectivity index (χ1v) is 9.79. The number of aromatic nitrogens is 3. The van der Waals surface area contributed by atoms with E-state index in [4.69, 9.17) is 0 Å². The van der Waals surface area contributed by atoms with E-state index in [9.17, 15) is 4.79 Å². The fourth-order valence-electron chi connectivity index (χ4n) is 3.81. The van der Waals surface area contributed by atoms with Crippen molar-refractivity contribution in [2.75, 3.05) is 6.54 Å². The van der Waals surface area contributed by atoms with Crippen molar-refractivity contribution in [2.24, 2.45) is 0 Å². The summed E-state index contributed by atoms with van der Waals surface area (Å²) in [5.74, 6) is 2.08. The highest BCUT2D eigenvalue weighted by molar-refractivity contribution is 5.81. The van der Waals surface area contributed by atoms with Crippen LogP contribution >= 0.6 is 0 Å². The molecule has 0 bridgehead atoms. The number of carbonyl (C=O) groups is 1. The summed E-state index contributed by atoms with van der Waals surface area (Å²) in [7, 11) is 0. The number of carbonyl (C=O) groups excluding carboxylic acids is 1. The van der Waals surface area contributed by atoms with E-state index in [0.29, 0.717) is 0 Å². The molecule has 1 aromatic rings. The van der Waals surface area contributed by atoms with Crippen LogP contribution in [0.4, 0.5) is 0 Å². The molecular weight excluding hydrogens is 314 g/mol. The van der Waals surface area contributed by atoms with Gasteiger partial charge in [-0.1, -0.05) is 11.6 Å². The Morgan fingerprint density at radius 2 is 2.04 bits per heavy atom. The van der Waals surface area contributed by atoms with E-state index < -0.39 is 0 Å². The lowest BCUT2D eigenvalue weighted by molar-refractivity contribution is -0.122. The van der Waals surface area contributed by atoms with Crippen molar-refractivity contribution >= 4 is 5.91 Å². The topological polar surface area (TPSA) is 71.8 Å². The smallest absolute Gasteiger partial charge is 0.236 e. The van der Waals surface area contributed by atoms with E-state index in [1.165, 1.54) is 44.1 Å². The Morgan fingerprint density at radius 3 is 2.84 bits per heavy atom. The highest BCUT2D eigenvalue weighted by Gasteiger charge is 2.23. The van der Waals surface area contributed by atoms with Gasteiger partial charge in [0.25, 0.3) is 0 Å². The van der Waals surface area contributed by atoms with Crippen LogP contribution in [0.5, 0.6) is 0 Å². The van der Waals surface area contributed by atoms with E-state index in [2.05, 4.69) is 38.4 Å². The molecule has 3 rings (SSSR count). The van der Waals surface area contributed by atoms with Gasteiger partial charge in [0.2, 0.25) is 5.91 Å². The second kappa shape index (κ2) is 8.61. The lowest BCUT2D eigenvalue weighted by Gasteiger charge is -2.22. The summed E-state index contributed by atoms with van der Waals surface area (Å²) in [6, 6.07) is -0.229. The predicted octanol–water partition coefficient (Wildman–Crippen LogP) is 2.66. The van der Waals surface area contributed by atoms with Crippen molar-refractivity contribution < 1.29 is 4.79 Å². The van der Waals surface area contributed by atoms with Crippen LogP contribution in [0.25, 0.3) is 0 Å². The molecule has 0 saturated carbocycles. The Labute approximate surface area is 150 Å². The van der Waals surface area contributed by atoms with Gasteiger partial charge < -0.3 is 9.88 Å². The Balaban J connectivity index is 1.46. The molecule has 2 heterocycles. The van der Waals surface area contributed by atoms with Crippen LogP contribution in [0.1, 0.15) is 76.5 Å². The summed E-state index contributed by atoms with van der Waals surface area (Å²) in [4.78, 5) is 12.3. The van der Waals surface area contributed by atoms with Crippen LogP contribution in [0, 0.1) is 0 Å². The molecule has 0 aromatic carbocycles. The minimum atomic E-state index is -0.244. The Bertz CT molecular complexity index is 621. The zero-order valence-electron chi connectivity index (χ0n) is 15.6. The zero-order chi connectivity index (χ0) is 17.6. The maximum atomic E-state index is 12.3. The van der Waals surface area contributed by atoms with Gasteiger partial charge in [0.1, 0.15) is 11.6 Å². The second-order valence-corrected chi connectivity index (χ2v) is 7.34. The van der Waals surface area contributed by atoms with Gasteiger partial charge in [-0.25, -0.2) is 0 Å². The van der Waals surface area contributed by atoms with Crippen LogP contribution in [0.2, 0.25) is 0 Å². The van der Waals surface area contributed by atoms with E-state index in [1.54, 1.807) is 0 Å². The molecule has 1 amide bonds. The molecule has 2 aliphatic rings. The highest BCUT2D eigenvalue weighted by atomic mass is 16.2. The van der Waals surface area contributed by atoms with Crippen molar-refractivity contribution in [3.8, 4) is 0 Å². The molecule has 0 spiro atoms. The van der Waals surface area contributed by atoms with Crippen molar-refractivity contribution in [3.05, 3.63) is 23.3 Å². The SMILES string of the molecule is C[C@H](N[C@H](C)C(=O)NCCC1=CCCCC1)c1nnc2n1CCCC2. The van der Waals surface area contributed by atoms with E-state index in [0.717, 1.165) is 37.6 Å². The number of hydrogen-bond acceptors (Lipinski definition) is 4. The van der Waals surface area contributed by atoms with Crippen molar-refractivity contribution in [2.45, 2.75) is 83.8 Å². The molecule has 0 saturated heterocycles. The fraction of sp³-hybridized carbons (Fsp3) is 0.737. The first kappa shape index (κ1) is 18.1. The van der Waals surface area contributed by atoms with Crippen LogP contribution < -0.4 is 10.6 Å². The minimum Gasteiger partial charge on any atom is -0.354 e. The predicted molar refractivity (Wildman–Crippen MR) is 98.2 cm³/mol. The normalized spacial score (nSPS) is 19.7. The van der Waals surface area contributed by atoms with Gasteiger partial charge in [0, 0.05) is 19.5 Å². The summed E-state index contributed by atoms with van der Waals surface area (Å²) in [5.41, 5.74) is 1.50. The maximum absolute atomic E-state index is 12.3. The molecule has 0 unspecified atom stereocenters. The molecular formula is C19H31N5O. The van der Waals surface area contributed by atoms with Gasteiger partial charge in [-0.05, 0) is 58.8 Å². The van der Waals surface area contributed by atoms with Gasteiger partial charge in [-0.3, -0.25) is 10.1 Å².